The smallest absolute Gasteiger partial charge is 0.344 e. The number of H-pyrrole nitrogens is 1. The van der Waals surface area contributed by atoms with E-state index in [0.29, 0.717) is 6.54 Å². The first-order valence-electron chi connectivity index (χ1n) is 4.84. The van der Waals surface area contributed by atoms with Gasteiger partial charge in [-0.05, 0) is 21.5 Å². The fourth-order valence-electron chi connectivity index (χ4n) is 1.39. The lowest BCUT2D eigenvalue weighted by Gasteiger charge is -2.02. The summed E-state index contributed by atoms with van der Waals surface area (Å²) in [6, 6.07) is 9.59. The van der Waals surface area contributed by atoms with Gasteiger partial charge in [-0.1, -0.05) is 30.3 Å². The molecule has 0 radical (unpaired) electrons. The van der Waals surface area contributed by atoms with Crippen molar-refractivity contribution in [2.45, 2.75) is 6.54 Å². The molecule has 0 aliphatic rings. The molecule has 1 aromatic heterocycles. The molecule has 0 saturated carbocycles. The van der Waals surface area contributed by atoms with Crippen LogP contribution >= 0.6 is 15.9 Å². The number of anilines is 1. The lowest BCUT2D eigenvalue weighted by molar-refractivity contribution is -0.384. The Balaban J connectivity index is 2.12. The highest BCUT2D eigenvalue weighted by Gasteiger charge is 2.22. The molecule has 6 nitrogen and oxygen atoms in total. The van der Waals surface area contributed by atoms with E-state index in [1.165, 1.54) is 0 Å². The molecule has 0 saturated heterocycles. The Kier molecular flexibility index (Phi) is 3.38. The van der Waals surface area contributed by atoms with Crippen molar-refractivity contribution in [3.8, 4) is 0 Å². The van der Waals surface area contributed by atoms with E-state index >= 15 is 0 Å². The van der Waals surface area contributed by atoms with Crippen LogP contribution in [0.1, 0.15) is 5.56 Å². The minimum atomic E-state index is -0.485. The summed E-state index contributed by atoms with van der Waals surface area (Å²) in [6.07, 6.45) is 0. The molecule has 0 atom stereocenters. The second kappa shape index (κ2) is 4.96. The van der Waals surface area contributed by atoms with Gasteiger partial charge in [0.1, 0.15) is 0 Å². The molecule has 2 aromatic rings. The van der Waals surface area contributed by atoms with Crippen LogP contribution in [0.2, 0.25) is 0 Å². The number of hydrogen-bond donors (Lipinski definition) is 2. The number of rotatable bonds is 4. The zero-order valence-electron chi connectivity index (χ0n) is 8.68. The number of nitrogens with one attached hydrogen (secondary N) is 2. The zero-order chi connectivity index (χ0) is 12.3. The molecule has 2 N–H and O–H groups in total. The molecule has 2 rings (SSSR count). The molecule has 88 valence electrons. The number of nitrogens with zero attached hydrogens (tertiary/aromatic N) is 2. The molecule has 0 spiro atoms. The highest BCUT2D eigenvalue weighted by atomic mass is 79.9. The maximum Gasteiger partial charge on any atom is 0.344 e. The molecule has 17 heavy (non-hydrogen) atoms. The van der Waals surface area contributed by atoms with Crippen LogP contribution in [-0.2, 0) is 6.54 Å². The summed E-state index contributed by atoms with van der Waals surface area (Å²) in [7, 11) is 0. The van der Waals surface area contributed by atoms with Crippen LogP contribution in [0.25, 0.3) is 0 Å². The third-order valence-electron chi connectivity index (χ3n) is 2.18. The van der Waals surface area contributed by atoms with Crippen molar-refractivity contribution in [3.63, 3.8) is 0 Å². The molecule has 0 fully saturated rings. The SMILES string of the molecule is O=[N+]([O-])c1c(NCc2ccccc2)n[nH]c1Br. The van der Waals surface area contributed by atoms with E-state index in [-0.39, 0.29) is 16.1 Å². The van der Waals surface area contributed by atoms with Crippen LogP contribution in [0.15, 0.2) is 34.9 Å². The van der Waals surface area contributed by atoms with E-state index in [1.54, 1.807) is 0 Å². The van der Waals surface area contributed by atoms with Gasteiger partial charge in [-0.3, -0.25) is 15.2 Å². The number of hydrogen-bond acceptors (Lipinski definition) is 4. The number of halogens is 1. The standard InChI is InChI=1S/C10H9BrN4O2/c11-9-8(15(16)17)10(14-13-9)12-6-7-4-2-1-3-5-7/h1-5H,6H2,(H2,12,13,14). The first kappa shape index (κ1) is 11.6. The van der Waals surface area contributed by atoms with Crippen LogP contribution in [0.5, 0.6) is 0 Å². The summed E-state index contributed by atoms with van der Waals surface area (Å²) in [5, 5.41) is 20.1. The first-order valence-corrected chi connectivity index (χ1v) is 5.64. The van der Waals surface area contributed by atoms with Crippen molar-refractivity contribution in [2.24, 2.45) is 0 Å². The van der Waals surface area contributed by atoms with E-state index in [1.807, 2.05) is 30.3 Å². The van der Waals surface area contributed by atoms with E-state index in [4.69, 9.17) is 0 Å². The molecular weight excluding hydrogens is 288 g/mol. The zero-order valence-corrected chi connectivity index (χ0v) is 10.3. The molecule has 1 aromatic carbocycles. The van der Waals surface area contributed by atoms with Crippen molar-refractivity contribution in [1.29, 1.82) is 0 Å². The summed E-state index contributed by atoms with van der Waals surface area (Å²) >= 11 is 3.04. The van der Waals surface area contributed by atoms with Crippen LogP contribution in [0.4, 0.5) is 11.5 Å². The molecule has 0 unspecified atom stereocenters. The minimum absolute atomic E-state index is 0.0825. The maximum atomic E-state index is 10.8. The predicted molar refractivity (Wildman–Crippen MR) is 66.7 cm³/mol. The second-order valence-electron chi connectivity index (χ2n) is 3.33. The number of aromatic amines is 1. The van der Waals surface area contributed by atoms with Crippen LogP contribution in [0, 0.1) is 10.1 Å². The van der Waals surface area contributed by atoms with E-state index in [2.05, 4.69) is 31.4 Å². The third kappa shape index (κ3) is 2.62. The van der Waals surface area contributed by atoms with E-state index < -0.39 is 4.92 Å². The van der Waals surface area contributed by atoms with E-state index in [9.17, 15) is 10.1 Å². The normalized spacial score (nSPS) is 10.2. The van der Waals surface area contributed by atoms with Gasteiger partial charge in [0.05, 0.1) is 4.92 Å². The van der Waals surface area contributed by atoms with Gasteiger partial charge >= 0.3 is 5.69 Å². The Morgan fingerprint density at radius 1 is 1.41 bits per heavy atom. The fourth-order valence-corrected chi connectivity index (χ4v) is 1.81. The van der Waals surface area contributed by atoms with Crippen molar-refractivity contribution in [2.75, 3.05) is 5.32 Å². The molecule has 1 heterocycles. The summed E-state index contributed by atoms with van der Waals surface area (Å²) in [5.41, 5.74) is 0.946. The monoisotopic (exact) mass is 296 g/mol. The van der Waals surface area contributed by atoms with Gasteiger partial charge in [-0.25, -0.2) is 0 Å². The van der Waals surface area contributed by atoms with Crippen molar-refractivity contribution in [1.82, 2.24) is 10.2 Å². The summed E-state index contributed by atoms with van der Waals surface area (Å²) < 4.78 is 0.262. The van der Waals surface area contributed by atoms with Crippen molar-refractivity contribution < 1.29 is 4.92 Å². The number of nitro groups is 1. The van der Waals surface area contributed by atoms with Gasteiger partial charge in [0.25, 0.3) is 0 Å². The van der Waals surface area contributed by atoms with Gasteiger partial charge in [0.2, 0.25) is 5.82 Å². The average Bonchev–Trinajstić information content (AvgIpc) is 2.69. The molecule has 7 heteroatoms. The lowest BCUT2D eigenvalue weighted by atomic mass is 10.2. The largest absolute Gasteiger partial charge is 0.359 e. The first-order chi connectivity index (χ1) is 8.18. The molecular formula is C10H9BrN4O2. The van der Waals surface area contributed by atoms with Gasteiger partial charge in [0, 0.05) is 6.54 Å². The second-order valence-corrected chi connectivity index (χ2v) is 4.12. The fraction of sp³-hybridized carbons (Fsp3) is 0.100. The molecule has 0 aliphatic carbocycles. The van der Waals surface area contributed by atoms with Crippen LogP contribution in [-0.4, -0.2) is 15.1 Å². The maximum absolute atomic E-state index is 10.8. The molecule has 0 aliphatic heterocycles. The highest BCUT2D eigenvalue weighted by Crippen LogP contribution is 2.30. The van der Waals surface area contributed by atoms with Crippen LogP contribution < -0.4 is 5.32 Å². The summed E-state index contributed by atoms with van der Waals surface area (Å²) in [5.74, 6) is 0.228. The summed E-state index contributed by atoms with van der Waals surface area (Å²) in [6.45, 7) is 0.485. The number of aromatic nitrogens is 2. The Morgan fingerprint density at radius 3 is 2.76 bits per heavy atom. The Labute approximate surface area is 105 Å². The van der Waals surface area contributed by atoms with Gasteiger partial charge < -0.3 is 5.32 Å². The average molecular weight is 297 g/mol. The van der Waals surface area contributed by atoms with Crippen LogP contribution in [0.3, 0.4) is 0 Å². The Morgan fingerprint density at radius 2 is 2.12 bits per heavy atom. The topological polar surface area (TPSA) is 83.8 Å². The Hall–Kier alpha value is -1.89. The van der Waals surface area contributed by atoms with Gasteiger partial charge in [-0.2, -0.15) is 0 Å². The summed E-state index contributed by atoms with van der Waals surface area (Å²) in [4.78, 5) is 10.3. The lowest BCUT2D eigenvalue weighted by Crippen LogP contribution is -2.02. The van der Waals surface area contributed by atoms with E-state index in [0.717, 1.165) is 5.56 Å². The molecule has 0 amide bonds. The quantitative estimate of drug-likeness (QED) is 0.671. The minimum Gasteiger partial charge on any atom is -0.359 e. The predicted octanol–water partition coefficient (Wildman–Crippen LogP) is 2.69. The van der Waals surface area contributed by atoms with Crippen molar-refractivity contribution in [3.05, 3.63) is 50.6 Å². The molecule has 0 bridgehead atoms. The van der Waals surface area contributed by atoms with Crippen molar-refractivity contribution >= 4 is 27.4 Å². The van der Waals surface area contributed by atoms with Gasteiger partial charge in [-0.15, -0.1) is 5.10 Å². The highest BCUT2D eigenvalue weighted by molar-refractivity contribution is 9.10. The number of benzene rings is 1. The third-order valence-corrected chi connectivity index (χ3v) is 2.74. The van der Waals surface area contributed by atoms with Gasteiger partial charge in [0.15, 0.2) is 4.60 Å². The Bertz CT molecular complexity index is 526.